The van der Waals surface area contributed by atoms with Crippen LogP contribution >= 0.6 is 7.92 Å². The summed E-state index contributed by atoms with van der Waals surface area (Å²) in [7, 11) is 0.0671. The predicted octanol–water partition coefficient (Wildman–Crippen LogP) is 10.1. The molecule has 0 bridgehead atoms. The molecule has 0 amide bonds. The molecule has 4 aliphatic rings. The van der Waals surface area contributed by atoms with Gasteiger partial charge in [0, 0.05) is 5.66 Å². The van der Waals surface area contributed by atoms with Crippen LogP contribution in [0.3, 0.4) is 0 Å². The summed E-state index contributed by atoms with van der Waals surface area (Å²) < 4.78 is 0. The van der Waals surface area contributed by atoms with Crippen molar-refractivity contribution in [3.05, 3.63) is 76.9 Å². The first-order valence-electron chi connectivity index (χ1n) is 14.3. The zero-order chi connectivity index (χ0) is 22.7. The number of hydrogen-bond acceptors (Lipinski definition) is 0. The maximum absolute atomic E-state index is 2.50. The van der Waals surface area contributed by atoms with Gasteiger partial charge in [0.2, 0.25) is 0 Å². The SMILES string of the molecule is C1=C(c2ccccc2)C(=C2CCCCC2P(C2CCCCC2)C2CCCCC2)c2ccccc21. The molecule has 0 aromatic heterocycles. The second kappa shape index (κ2) is 10.5. The van der Waals surface area contributed by atoms with Crippen LogP contribution in [0.15, 0.2) is 60.2 Å². The second-order valence-corrected chi connectivity index (χ2v) is 14.2. The average molecular weight is 469 g/mol. The van der Waals surface area contributed by atoms with E-state index in [-0.39, 0.29) is 7.92 Å². The first-order valence-corrected chi connectivity index (χ1v) is 15.8. The van der Waals surface area contributed by atoms with Crippen LogP contribution in [0.2, 0.25) is 0 Å². The zero-order valence-corrected chi connectivity index (χ0v) is 21.7. The Morgan fingerprint density at radius 1 is 0.588 bits per heavy atom. The Morgan fingerprint density at radius 2 is 1.21 bits per heavy atom. The van der Waals surface area contributed by atoms with Crippen LogP contribution < -0.4 is 0 Å². The van der Waals surface area contributed by atoms with Crippen LogP contribution in [0.5, 0.6) is 0 Å². The molecule has 34 heavy (non-hydrogen) atoms. The van der Waals surface area contributed by atoms with Crippen LogP contribution in [-0.2, 0) is 0 Å². The van der Waals surface area contributed by atoms with E-state index in [0.29, 0.717) is 0 Å². The lowest BCUT2D eigenvalue weighted by Gasteiger charge is -2.46. The maximum atomic E-state index is 2.50. The quantitative estimate of drug-likeness (QED) is 0.392. The van der Waals surface area contributed by atoms with Crippen molar-refractivity contribution in [1.29, 1.82) is 0 Å². The summed E-state index contributed by atoms with van der Waals surface area (Å²) in [6.07, 6.45) is 23.2. The van der Waals surface area contributed by atoms with Crippen LogP contribution in [0.25, 0.3) is 17.2 Å². The van der Waals surface area contributed by atoms with Gasteiger partial charge in [-0.1, -0.05) is 113 Å². The van der Waals surface area contributed by atoms with E-state index < -0.39 is 0 Å². The molecule has 1 unspecified atom stereocenters. The van der Waals surface area contributed by atoms with Crippen LogP contribution in [-0.4, -0.2) is 17.0 Å². The minimum Gasteiger partial charge on any atom is -0.0930 e. The molecular formula is C33H41P. The summed E-state index contributed by atoms with van der Waals surface area (Å²) in [5, 5.41) is 0. The molecule has 0 spiro atoms. The smallest absolute Gasteiger partial charge is 0.00150 e. The van der Waals surface area contributed by atoms with Gasteiger partial charge < -0.3 is 0 Å². The summed E-state index contributed by atoms with van der Waals surface area (Å²) in [4.78, 5) is 0. The number of allylic oxidation sites excluding steroid dienone is 3. The molecule has 0 aliphatic heterocycles. The van der Waals surface area contributed by atoms with Gasteiger partial charge in [-0.15, -0.1) is 0 Å². The number of hydrogen-bond donors (Lipinski definition) is 0. The lowest BCUT2D eigenvalue weighted by Crippen LogP contribution is -2.29. The van der Waals surface area contributed by atoms with Gasteiger partial charge in [0.15, 0.2) is 0 Å². The lowest BCUT2D eigenvalue weighted by molar-refractivity contribution is 0.476. The minimum atomic E-state index is 0.0671. The summed E-state index contributed by atoms with van der Waals surface area (Å²) in [6, 6.07) is 20.5. The molecule has 0 nitrogen and oxygen atoms in total. The monoisotopic (exact) mass is 468 g/mol. The molecule has 1 atom stereocenters. The molecule has 6 rings (SSSR count). The van der Waals surface area contributed by atoms with E-state index in [1.165, 1.54) is 112 Å². The van der Waals surface area contributed by atoms with E-state index in [0.717, 1.165) is 17.0 Å². The molecule has 0 heterocycles. The van der Waals surface area contributed by atoms with Crippen molar-refractivity contribution < 1.29 is 0 Å². The average Bonchev–Trinajstić information content (AvgIpc) is 3.31. The fourth-order valence-electron chi connectivity index (χ4n) is 7.59. The van der Waals surface area contributed by atoms with Gasteiger partial charge in [-0.25, -0.2) is 0 Å². The topological polar surface area (TPSA) is 0 Å². The van der Waals surface area contributed by atoms with E-state index >= 15 is 0 Å². The van der Waals surface area contributed by atoms with Crippen molar-refractivity contribution in [3.63, 3.8) is 0 Å². The molecule has 3 fully saturated rings. The van der Waals surface area contributed by atoms with Crippen LogP contribution in [0.1, 0.15) is 107 Å². The highest BCUT2D eigenvalue weighted by molar-refractivity contribution is 7.60. The molecule has 0 saturated heterocycles. The molecule has 178 valence electrons. The molecule has 2 aromatic rings. The Bertz CT molecular complexity index is 1020. The third-order valence-electron chi connectivity index (χ3n) is 9.13. The first kappa shape index (κ1) is 22.8. The third kappa shape index (κ3) is 4.48. The maximum Gasteiger partial charge on any atom is 0.00150 e. The Balaban J connectivity index is 1.47. The normalized spacial score (nSPS) is 26.5. The summed E-state index contributed by atoms with van der Waals surface area (Å²) in [5.41, 5.74) is 12.3. The third-order valence-corrected chi connectivity index (χ3v) is 13.1. The highest BCUT2D eigenvalue weighted by Gasteiger charge is 2.40. The van der Waals surface area contributed by atoms with Gasteiger partial charge in [0.25, 0.3) is 0 Å². The number of rotatable bonds is 4. The Hall–Kier alpha value is -1.65. The summed E-state index contributed by atoms with van der Waals surface area (Å²) in [5.74, 6) is 0. The van der Waals surface area contributed by atoms with E-state index in [2.05, 4.69) is 60.7 Å². The van der Waals surface area contributed by atoms with Gasteiger partial charge in [-0.2, -0.15) is 0 Å². The van der Waals surface area contributed by atoms with Crippen molar-refractivity contribution >= 4 is 25.1 Å². The minimum absolute atomic E-state index is 0.0671. The van der Waals surface area contributed by atoms with Crippen molar-refractivity contribution in [3.8, 4) is 0 Å². The van der Waals surface area contributed by atoms with Crippen LogP contribution in [0, 0.1) is 0 Å². The van der Waals surface area contributed by atoms with Crippen molar-refractivity contribution in [1.82, 2.24) is 0 Å². The summed E-state index contributed by atoms with van der Waals surface area (Å²) in [6.45, 7) is 0. The zero-order valence-electron chi connectivity index (χ0n) is 20.9. The Kier molecular flexibility index (Phi) is 7.06. The highest BCUT2D eigenvalue weighted by atomic mass is 31.1. The van der Waals surface area contributed by atoms with Gasteiger partial charge in [-0.3, -0.25) is 0 Å². The van der Waals surface area contributed by atoms with Gasteiger partial charge in [-0.05, 0) is 90.2 Å². The van der Waals surface area contributed by atoms with Gasteiger partial charge in [0.1, 0.15) is 0 Å². The fraction of sp³-hybridized carbons (Fsp3) is 0.515. The standard InChI is InChI=1S/C33H41P/c1-4-14-25(15-5-1)31-24-26-16-10-11-21-29(26)33(31)30-22-12-13-23-32(30)34(27-17-6-2-7-18-27)28-19-8-3-9-20-28/h1,4-5,10-11,14-16,21,24,27-28,32H,2-3,6-9,12-13,17-20,22-23H2. The van der Waals surface area contributed by atoms with Crippen molar-refractivity contribution in [2.24, 2.45) is 0 Å². The molecule has 4 aliphatic carbocycles. The molecule has 3 saturated carbocycles. The number of benzene rings is 2. The second-order valence-electron chi connectivity index (χ2n) is 11.2. The van der Waals surface area contributed by atoms with Crippen molar-refractivity contribution in [2.45, 2.75) is 107 Å². The Labute approximate surface area is 208 Å². The molecule has 2 aromatic carbocycles. The van der Waals surface area contributed by atoms with E-state index in [4.69, 9.17) is 0 Å². The van der Waals surface area contributed by atoms with Gasteiger partial charge in [0.05, 0.1) is 0 Å². The fourth-order valence-corrected chi connectivity index (χ4v) is 12.2. The van der Waals surface area contributed by atoms with E-state index in [1.807, 2.05) is 5.57 Å². The molecule has 0 radical (unpaired) electrons. The van der Waals surface area contributed by atoms with E-state index in [9.17, 15) is 0 Å². The summed E-state index contributed by atoms with van der Waals surface area (Å²) >= 11 is 0. The predicted molar refractivity (Wildman–Crippen MR) is 151 cm³/mol. The largest absolute Gasteiger partial charge is 0.0930 e. The van der Waals surface area contributed by atoms with Gasteiger partial charge >= 0.3 is 0 Å². The lowest BCUT2D eigenvalue weighted by atomic mass is 9.84. The number of fused-ring (bicyclic) bond motifs is 1. The van der Waals surface area contributed by atoms with E-state index in [1.54, 1.807) is 5.57 Å². The van der Waals surface area contributed by atoms with Crippen LogP contribution in [0.4, 0.5) is 0 Å². The highest BCUT2D eigenvalue weighted by Crippen LogP contribution is 2.64. The first-order chi connectivity index (χ1) is 16.9. The molecule has 1 heteroatoms. The molecule has 0 N–H and O–H groups in total. The Morgan fingerprint density at radius 3 is 1.91 bits per heavy atom. The molecular weight excluding hydrogens is 427 g/mol. The van der Waals surface area contributed by atoms with Crippen molar-refractivity contribution in [2.75, 3.05) is 0 Å².